The van der Waals surface area contributed by atoms with Crippen LogP contribution in [0.2, 0.25) is 0 Å². The summed E-state index contributed by atoms with van der Waals surface area (Å²) < 4.78 is 0. The van der Waals surface area contributed by atoms with Gasteiger partial charge in [-0.3, -0.25) is 4.98 Å². The normalized spacial score (nSPS) is 17.9. The highest BCUT2D eigenvalue weighted by molar-refractivity contribution is 5.42. The Hall–Kier alpha value is -1.09. The van der Waals surface area contributed by atoms with Crippen LogP contribution in [0.4, 0.5) is 5.69 Å². The molecule has 0 radical (unpaired) electrons. The van der Waals surface area contributed by atoms with E-state index in [1.54, 1.807) is 6.20 Å². The summed E-state index contributed by atoms with van der Waals surface area (Å²) in [7, 11) is 0. The van der Waals surface area contributed by atoms with Gasteiger partial charge in [0.1, 0.15) is 0 Å². The number of hydrogen-bond donors (Lipinski definition) is 2. The van der Waals surface area contributed by atoms with Crippen LogP contribution in [0.5, 0.6) is 0 Å². The van der Waals surface area contributed by atoms with Gasteiger partial charge in [-0.05, 0) is 37.8 Å². The van der Waals surface area contributed by atoms with Crippen LogP contribution in [0, 0.1) is 12.8 Å². The van der Waals surface area contributed by atoms with E-state index in [0.717, 1.165) is 11.4 Å². The van der Waals surface area contributed by atoms with Crippen LogP contribution in [0.25, 0.3) is 0 Å². The van der Waals surface area contributed by atoms with Crippen LogP contribution >= 0.6 is 0 Å². The first-order chi connectivity index (χ1) is 6.75. The minimum Gasteiger partial charge on any atom is -0.391 e. The highest BCUT2D eigenvalue weighted by atomic mass is 16.3. The number of hydrogen-bond acceptors (Lipinski definition) is 3. The highest BCUT2D eigenvalue weighted by Crippen LogP contribution is 2.32. The summed E-state index contributed by atoms with van der Waals surface area (Å²) in [6, 6.07) is 3.91. The minimum absolute atomic E-state index is 0.191. The first kappa shape index (κ1) is 9.46. The highest BCUT2D eigenvalue weighted by Gasteiger charge is 2.29. The molecule has 1 aliphatic carbocycles. The molecule has 0 saturated heterocycles. The molecule has 1 aromatic rings. The van der Waals surface area contributed by atoms with Crippen LogP contribution in [0.15, 0.2) is 18.3 Å². The fourth-order valence-corrected chi connectivity index (χ4v) is 1.53. The van der Waals surface area contributed by atoms with Crippen LogP contribution in [-0.2, 0) is 0 Å². The maximum atomic E-state index is 9.64. The Morgan fingerprint density at radius 1 is 1.64 bits per heavy atom. The summed E-state index contributed by atoms with van der Waals surface area (Å²) in [5.74, 6) is 0.533. The maximum Gasteiger partial charge on any atom is 0.0740 e. The number of aromatic nitrogens is 1. The third-order valence-corrected chi connectivity index (χ3v) is 2.58. The number of rotatable bonds is 4. The van der Waals surface area contributed by atoms with Crippen molar-refractivity contribution < 1.29 is 5.11 Å². The Bertz CT molecular complexity index is 310. The summed E-state index contributed by atoms with van der Waals surface area (Å²) in [6.07, 6.45) is 3.95. The Morgan fingerprint density at radius 3 is 3.07 bits per heavy atom. The largest absolute Gasteiger partial charge is 0.391 e. The van der Waals surface area contributed by atoms with Gasteiger partial charge in [0.2, 0.25) is 0 Å². The number of nitrogens with one attached hydrogen (secondary N) is 1. The quantitative estimate of drug-likeness (QED) is 0.761. The van der Waals surface area contributed by atoms with Gasteiger partial charge in [-0.1, -0.05) is 0 Å². The molecule has 3 heteroatoms. The molecule has 2 N–H and O–H groups in total. The lowest BCUT2D eigenvalue weighted by atomic mass is 10.2. The topological polar surface area (TPSA) is 45.1 Å². The van der Waals surface area contributed by atoms with Gasteiger partial charge < -0.3 is 10.4 Å². The van der Waals surface area contributed by atoms with Gasteiger partial charge in [-0.15, -0.1) is 0 Å². The smallest absolute Gasteiger partial charge is 0.0740 e. The van der Waals surface area contributed by atoms with Gasteiger partial charge in [0, 0.05) is 24.1 Å². The maximum absolute atomic E-state index is 9.64. The van der Waals surface area contributed by atoms with Crippen molar-refractivity contribution in [2.45, 2.75) is 25.9 Å². The van der Waals surface area contributed by atoms with E-state index in [9.17, 15) is 5.11 Å². The molecule has 0 spiro atoms. The van der Waals surface area contributed by atoms with Gasteiger partial charge in [0.15, 0.2) is 0 Å². The van der Waals surface area contributed by atoms with Crippen LogP contribution in [0.1, 0.15) is 18.5 Å². The lowest BCUT2D eigenvalue weighted by molar-refractivity contribution is 0.164. The molecule has 0 bridgehead atoms. The van der Waals surface area contributed by atoms with Crippen molar-refractivity contribution in [3.8, 4) is 0 Å². The molecule has 1 aliphatic rings. The van der Waals surface area contributed by atoms with Gasteiger partial charge in [0.25, 0.3) is 0 Å². The molecule has 2 rings (SSSR count). The molecule has 76 valence electrons. The van der Waals surface area contributed by atoms with E-state index >= 15 is 0 Å². The standard InChI is InChI=1S/C11H16N2O/c1-8-6-10(4-5-12-8)13-7-11(14)9-2-3-9/h4-6,9,11,14H,2-3,7H2,1H3,(H,12,13). The van der Waals surface area contributed by atoms with Crippen LogP contribution in [-0.4, -0.2) is 22.7 Å². The second kappa shape index (κ2) is 3.96. The summed E-state index contributed by atoms with van der Waals surface area (Å²) in [5, 5.41) is 12.9. The molecular weight excluding hydrogens is 176 g/mol. The fraction of sp³-hybridized carbons (Fsp3) is 0.545. The summed E-state index contributed by atoms with van der Waals surface area (Å²) in [5.41, 5.74) is 2.04. The van der Waals surface area contributed by atoms with E-state index in [1.807, 2.05) is 19.1 Å². The third kappa shape index (κ3) is 2.45. The molecule has 1 unspecified atom stereocenters. The monoisotopic (exact) mass is 192 g/mol. The van der Waals surface area contributed by atoms with E-state index in [-0.39, 0.29) is 6.10 Å². The number of anilines is 1. The van der Waals surface area contributed by atoms with Crippen molar-refractivity contribution in [1.29, 1.82) is 0 Å². The molecule has 1 saturated carbocycles. The lowest BCUT2D eigenvalue weighted by Crippen LogP contribution is -2.21. The van der Waals surface area contributed by atoms with E-state index in [1.165, 1.54) is 12.8 Å². The molecule has 1 atom stereocenters. The van der Waals surface area contributed by atoms with Crippen molar-refractivity contribution in [3.05, 3.63) is 24.0 Å². The van der Waals surface area contributed by atoms with Crippen LogP contribution in [0.3, 0.4) is 0 Å². The van der Waals surface area contributed by atoms with Gasteiger partial charge >= 0.3 is 0 Å². The fourth-order valence-electron chi connectivity index (χ4n) is 1.53. The molecular formula is C11H16N2O. The van der Waals surface area contributed by atoms with E-state index in [4.69, 9.17) is 0 Å². The zero-order chi connectivity index (χ0) is 9.97. The van der Waals surface area contributed by atoms with Crippen LogP contribution < -0.4 is 5.32 Å². The molecule has 1 heterocycles. The first-order valence-corrected chi connectivity index (χ1v) is 5.10. The summed E-state index contributed by atoms with van der Waals surface area (Å²) in [6.45, 7) is 2.61. The molecule has 1 fully saturated rings. The van der Waals surface area contributed by atoms with Crippen molar-refractivity contribution >= 4 is 5.69 Å². The number of pyridine rings is 1. The third-order valence-electron chi connectivity index (χ3n) is 2.58. The predicted octanol–water partition coefficient (Wildman–Crippen LogP) is 1.57. The predicted molar refractivity (Wildman–Crippen MR) is 56.2 cm³/mol. The first-order valence-electron chi connectivity index (χ1n) is 5.10. The van der Waals surface area contributed by atoms with Crippen molar-refractivity contribution in [1.82, 2.24) is 4.98 Å². The summed E-state index contributed by atoms with van der Waals surface area (Å²) >= 11 is 0. The Morgan fingerprint density at radius 2 is 2.43 bits per heavy atom. The Labute approximate surface area is 84.2 Å². The lowest BCUT2D eigenvalue weighted by Gasteiger charge is -2.11. The van der Waals surface area contributed by atoms with Gasteiger partial charge in [-0.2, -0.15) is 0 Å². The van der Waals surface area contributed by atoms with E-state index < -0.39 is 0 Å². The zero-order valence-electron chi connectivity index (χ0n) is 8.40. The summed E-state index contributed by atoms with van der Waals surface area (Å²) in [4.78, 5) is 4.11. The average Bonchev–Trinajstić information content (AvgIpc) is 2.97. The molecule has 0 aromatic carbocycles. The van der Waals surface area contributed by atoms with E-state index in [0.29, 0.717) is 12.5 Å². The number of aliphatic hydroxyl groups excluding tert-OH is 1. The van der Waals surface area contributed by atoms with Crippen molar-refractivity contribution in [3.63, 3.8) is 0 Å². The van der Waals surface area contributed by atoms with Gasteiger partial charge in [0.05, 0.1) is 6.10 Å². The second-order valence-electron chi connectivity index (χ2n) is 3.97. The molecule has 0 aliphatic heterocycles. The average molecular weight is 192 g/mol. The van der Waals surface area contributed by atoms with Gasteiger partial charge in [-0.25, -0.2) is 0 Å². The zero-order valence-corrected chi connectivity index (χ0v) is 8.40. The number of aryl methyl sites for hydroxylation is 1. The second-order valence-corrected chi connectivity index (χ2v) is 3.97. The van der Waals surface area contributed by atoms with Crippen molar-refractivity contribution in [2.75, 3.05) is 11.9 Å². The minimum atomic E-state index is -0.191. The molecule has 0 amide bonds. The number of nitrogens with zero attached hydrogens (tertiary/aromatic N) is 1. The Balaban J connectivity index is 1.84. The molecule has 1 aromatic heterocycles. The van der Waals surface area contributed by atoms with E-state index in [2.05, 4.69) is 10.3 Å². The SMILES string of the molecule is Cc1cc(NCC(O)C2CC2)ccn1. The Kier molecular flexibility index (Phi) is 2.68. The molecule has 14 heavy (non-hydrogen) atoms. The number of aliphatic hydroxyl groups is 1. The van der Waals surface area contributed by atoms with Crippen molar-refractivity contribution in [2.24, 2.45) is 5.92 Å². The molecule has 3 nitrogen and oxygen atoms in total.